The minimum atomic E-state index is -0.515. The van der Waals surface area contributed by atoms with Crippen LogP contribution in [0.15, 0.2) is 30.9 Å². The number of hydrogen-bond acceptors (Lipinski definition) is 5. The predicted octanol–water partition coefficient (Wildman–Crippen LogP) is 4.19. The van der Waals surface area contributed by atoms with E-state index in [-0.39, 0.29) is 34.0 Å². The highest BCUT2D eigenvalue weighted by Gasteiger charge is 2.37. The molecule has 0 radical (unpaired) electrons. The molecule has 8 heteroatoms. The van der Waals surface area contributed by atoms with E-state index in [9.17, 15) is 19.7 Å². The zero-order valence-electron chi connectivity index (χ0n) is 18.2. The Kier molecular flexibility index (Phi) is 6.38. The van der Waals surface area contributed by atoms with Crippen LogP contribution in [0.4, 0.5) is 5.69 Å². The maximum atomic E-state index is 12.9. The number of aryl methyl sites for hydroxylation is 1. The van der Waals surface area contributed by atoms with Crippen LogP contribution in [-0.4, -0.2) is 32.9 Å². The molecule has 0 spiro atoms. The zero-order valence-corrected chi connectivity index (χ0v) is 18.2. The van der Waals surface area contributed by atoms with Crippen LogP contribution in [0.2, 0.25) is 0 Å². The third kappa shape index (κ3) is 4.57. The summed E-state index contributed by atoms with van der Waals surface area (Å²) in [5.41, 5.74) is 1.87. The third-order valence-corrected chi connectivity index (χ3v) is 5.40. The summed E-state index contributed by atoms with van der Waals surface area (Å²) < 4.78 is 1.53. The largest absolute Gasteiger partial charge is 0.352 e. The van der Waals surface area contributed by atoms with Gasteiger partial charge in [-0.1, -0.05) is 26.8 Å². The highest BCUT2D eigenvalue weighted by atomic mass is 16.6. The second-order valence-electron chi connectivity index (χ2n) is 8.66. The maximum Gasteiger partial charge on any atom is 0.295 e. The normalized spacial score (nSPS) is 14.7. The van der Waals surface area contributed by atoms with Crippen molar-refractivity contribution in [1.82, 2.24) is 15.1 Å². The topological polar surface area (TPSA) is 107 Å². The van der Waals surface area contributed by atoms with E-state index >= 15 is 0 Å². The van der Waals surface area contributed by atoms with Crippen LogP contribution in [0.5, 0.6) is 0 Å². The molecule has 1 N–H and O–H groups in total. The molecule has 2 aromatic rings. The number of carbonyl (C=O) groups excluding carboxylic acids is 2. The lowest BCUT2D eigenvalue weighted by Crippen LogP contribution is -2.28. The number of benzene rings is 1. The lowest BCUT2D eigenvalue weighted by molar-refractivity contribution is -0.384. The van der Waals surface area contributed by atoms with Crippen LogP contribution >= 0.6 is 0 Å². The van der Waals surface area contributed by atoms with E-state index in [0.717, 1.165) is 6.42 Å². The number of allylic oxidation sites excluding steroid dienone is 1. The van der Waals surface area contributed by atoms with E-state index in [1.807, 2.05) is 20.8 Å². The number of ketones is 1. The summed E-state index contributed by atoms with van der Waals surface area (Å²) >= 11 is 0. The Labute approximate surface area is 181 Å². The first kappa shape index (κ1) is 22.4. The highest BCUT2D eigenvalue weighted by Crippen LogP contribution is 2.38. The number of Topliss-reactive ketones (excluding diaryl/α,β-unsaturated/α-hetero) is 1. The minimum absolute atomic E-state index is 0.00905. The van der Waals surface area contributed by atoms with Gasteiger partial charge in [-0.25, -0.2) is 4.68 Å². The Bertz CT molecular complexity index is 1050. The number of nitrogens with zero attached hydrogens (tertiary/aromatic N) is 3. The summed E-state index contributed by atoms with van der Waals surface area (Å²) in [5.74, 6) is -0.350. The van der Waals surface area contributed by atoms with Crippen LogP contribution in [0.25, 0.3) is 5.69 Å². The van der Waals surface area contributed by atoms with Gasteiger partial charge in [-0.3, -0.25) is 19.7 Å². The smallest absolute Gasteiger partial charge is 0.295 e. The Morgan fingerprint density at radius 3 is 2.77 bits per heavy atom. The van der Waals surface area contributed by atoms with Gasteiger partial charge in [-0.2, -0.15) is 5.10 Å². The highest BCUT2D eigenvalue weighted by molar-refractivity contribution is 6.00. The van der Waals surface area contributed by atoms with Crippen molar-refractivity contribution < 1.29 is 14.5 Å². The molecule has 1 aromatic carbocycles. The lowest BCUT2D eigenvalue weighted by atomic mass is 9.75. The molecule has 1 amide bonds. The van der Waals surface area contributed by atoms with Crippen molar-refractivity contribution in [3.8, 4) is 5.69 Å². The van der Waals surface area contributed by atoms with Gasteiger partial charge in [0.15, 0.2) is 5.78 Å². The molecule has 1 aliphatic carbocycles. The molecular formula is C23H28N4O4. The van der Waals surface area contributed by atoms with Gasteiger partial charge in [-0.05, 0) is 43.2 Å². The number of fused-ring (bicyclic) bond motifs is 1. The molecule has 1 heterocycles. The fraction of sp³-hybridized carbons (Fsp3) is 0.435. The molecule has 0 saturated carbocycles. The zero-order chi connectivity index (χ0) is 22.8. The Hall–Kier alpha value is -3.29. The SMILES string of the molecule is C=CCCc1nn(-c2ccc(C(=O)NCCC)cc2[N+](=O)[O-])c2c1C(=O)CC(C)(C)C2. The number of carbonyl (C=O) groups is 2. The quantitative estimate of drug-likeness (QED) is 0.388. The second-order valence-corrected chi connectivity index (χ2v) is 8.66. The molecule has 0 bridgehead atoms. The predicted molar refractivity (Wildman–Crippen MR) is 118 cm³/mol. The van der Waals surface area contributed by atoms with Crippen molar-refractivity contribution in [2.75, 3.05) is 6.54 Å². The van der Waals surface area contributed by atoms with Crippen molar-refractivity contribution in [3.05, 3.63) is 63.5 Å². The molecule has 0 unspecified atom stereocenters. The van der Waals surface area contributed by atoms with Crippen molar-refractivity contribution in [3.63, 3.8) is 0 Å². The Morgan fingerprint density at radius 1 is 1.39 bits per heavy atom. The first-order valence-electron chi connectivity index (χ1n) is 10.5. The maximum absolute atomic E-state index is 12.9. The van der Waals surface area contributed by atoms with Gasteiger partial charge in [0, 0.05) is 24.6 Å². The van der Waals surface area contributed by atoms with Gasteiger partial charge in [0.1, 0.15) is 5.69 Å². The molecule has 0 saturated heterocycles. The number of aromatic nitrogens is 2. The van der Waals surface area contributed by atoms with E-state index in [0.29, 0.717) is 49.2 Å². The summed E-state index contributed by atoms with van der Waals surface area (Å²) in [6.45, 7) is 10.2. The van der Waals surface area contributed by atoms with Crippen LogP contribution in [0, 0.1) is 15.5 Å². The van der Waals surface area contributed by atoms with Crippen molar-refractivity contribution in [1.29, 1.82) is 0 Å². The van der Waals surface area contributed by atoms with E-state index in [1.165, 1.54) is 16.8 Å². The molecule has 0 atom stereocenters. The van der Waals surface area contributed by atoms with Crippen molar-refractivity contribution >= 4 is 17.4 Å². The fourth-order valence-electron chi connectivity index (χ4n) is 3.97. The summed E-state index contributed by atoms with van der Waals surface area (Å²) in [7, 11) is 0. The third-order valence-electron chi connectivity index (χ3n) is 5.40. The van der Waals surface area contributed by atoms with E-state index in [1.54, 1.807) is 12.1 Å². The summed E-state index contributed by atoms with van der Waals surface area (Å²) in [6, 6.07) is 4.36. The van der Waals surface area contributed by atoms with E-state index in [4.69, 9.17) is 0 Å². The summed E-state index contributed by atoms with van der Waals surface area (Å²) in [6.07, 6.45) is 4.70. The van der Waals surface area contributed by atoms with Gasteiger partial charge in [0.05, 0.1) is 21.9 Å². The van der Waals surface area contributed by atoms with Crippen LogP contribution in [-0.2, 0) is 12.8 Å². The molecular weight excluding hydrogens is 396 g/mol. The van der Waals surface area contributed by atoms with Crippen molar-refractivity contribution in [2.45, 2.75) is 52.9 Å². The molecule has 1 aliphatic rings. The number of nitro benzene ring substituents is 1. The molecule has 8 nitrogen and oxygen atoms in total. The van der Waals surface area contributed by atoms with Gasteiger partial charge in [0.25, 0.3) is 11.6 Å². The average Bonchev–Trinajstić information content (AvgIpc) is 3.07. The van der Waals surface area contributed by atoms with Gasteiger partial charge >= 0.3 is 0 Å². The molecule has 3 rings (SSSR count). The molecule has 31 heavy (non-hydrogen) atoms. The Balaban J connectivity index is 2.15. The van der Waals surface area contributed by atoms with Crippen LogP contribution in [0.3, 0.4) is 0 Å². The Morgan fingerprint density at radius 2 is 2.13 bits per heavy atom. The lowest BCUT2D eigenvalue weighted by Gasteiger charge is -2.29. The molecule has 164 valence electrons. The van der Waals surface area contributed by atoms with Gasteiger partial charge < -0.3 is 5.32 Å². The monoisotopic (exact) mass is 424 g/mol. The summed E-state index contributed by atoms with van der Waals surface area (Å²) in [4.78, 5) is 36.6. The molecule has 0 aliphatic heterocycles. The number of nitrogens with one attached hydrogen (secondary N) is 1. The summed E-state index contributed by atoms with van der Waals surface area (Å²) in [5, 5.41) is 19.2. The number of amides is 1. The average molecular weight is 425 g/mol. The first-order chi connectivity index (χ1) is 14.7. The molecule has 0 fully saturated rings. The first-order valence-corrected chi connectivity index (χ1v) is 10.5. The van der Waals surface area contributed by atoms with E-state index in [2.05, 4.69) is 17.0 Å². The molecule has 1 aromatic heterocycles. The van der Waals surface area contributed by atoms with Crippen LogP contribution in [0.1, 0.15) is 72.1 Å². The van der Waals surface area contributed by atoms with Crippen LogP contribution < -0.4 is 5.32 Å². The van der Waals surface area contributed by atoms with Gasteiger partial charge in [0.2, 0.25) is 0 Å². The minimum Gasteiger partial charge on any atom is -0.352 e. The standard InChI is InChI=1S/C23H28N4O4/c1-5-7-8-16-21-19(13-23(3,4)14-20(21)28)26(25-16)17-10-9-15(12-18(17)27(30)31)22(29)24-11-6-2/h5,9-10,12H,1,6-8,11,13-14H2,2-4H3,(H,24,29). The second kappa shape index (κ2) is 8.83. The number of hydrogen-bond donors (Lipinski definition) is 1. The van der Waals surface area contributed by atoms with E-state index < -0.39 is 4.92 Å². The number of nitro groups is 1. The van der Waals surface area contributed by atoms with Crippen molar-refractivity contribution in [2.24, 2.45) is 5.41 Å². The number of rotatable bonds is 8. The van der Waals surface area contributed by atoms with Gasteiger partial charge in [-0.15, -0.1) is 6.58 Å². The fourth-order valence-corrected chi connectivity index (χ4v) is 3.97.